The topological polar surface area (TPSA) is 51.2 Å². The summed E-state index contributed by atoms with van der Waals surface area (Å²) in [4.78, 5) is 16.7. The average Bonchev–Trinajstić information content (AvgIpc) is 3.50. The molecule has 186 valence electrons. The van der Waals surface area contributed by atoms with Crippen LogP contribution in [0, 0.1) is 0 Å². The number of rotatable bonds is 9. The Morgan fingerprint density at radius 3 is 2.47 bits per heavy atom. The predicted octanol–water partition coefficient (Wildman–Crippen LogP) is 5.09. The average molecular weight is 489 g/mol. The molecule has 3 aromatic rings. The summed E-state index contributed by atoms with van der Waals surface area (Å²) in [7, 11) is 1.57. The van der Waals surface area contributed by atoms with E-state index in [0.29, 0.717) is 61.4 Å². The van der Waals surface area contributed by atoms with Gasteiger partial charge in [0.05, 0.1) is 7.11 Å². The molecule has 0 spiro atoms. The monoisotopic (exact) mass is 488 g/mol. The SMILES string of the molecule is COc1cc(N2CC=C(Oc3ccc(-c4ccccc4)cc3)C2=O)ccc1OCCN1CC[C@H](F)C1. The molecular weight excluding hydrogens is 459 g/mol. The van der Waals surface area contributed by atoms with Crippen molar-refractivity contribution in [2.75, 3.05) is 44.8 Å². The number of halogens is 1. The lowest BCUT2D eigenvalue weighted by molar-refractivity contribution is -0.116. The maximum absolute atomic E-state index is 13.3. The molecule has 0 N–H and O–H groups in total. The van der Waals surface area contributed by atoms with Crippen molar-refractivity contribution in [3.05, 3.63) is 84.6 Å². The van der Waals surface area contributed by atoms with Gasteiger partial charge in [-0.05, 0) is 47.9 Å². The van der Waals surface area contributed by atoms with Crippen LogP contribution in [-0.2, 0) is 4.79 Å². The van der Waals surface area contributed by atoms with Gasteiger partial charge >= 0.3 is 0 Å². The Kier molecular flexibility index (Phi) is 7.18. The summed E-state index contributed by atoms with van der Waals surface area (Å²) in [6.45, 7) is 2.72. The number of ether oxygens (including phenoxy) is 3. The first kappa shape index (κ1) is 23.9. The maximum atomic E-state index is 13.3. The molecule has 0 saturated carbocycles. The van der Waals surface area contributed by atoms with Crippen LogP contribution in [0.1, 0.15) is 6.42 Å². The van der Waals surface area contributed by atoms with Gasteiger partial charge in [-0.25, -0.2) is 4.39 Å². The predicted molar refractivity (Wildman–Crippen MR) is 137 cm³/mol. The number of carbonyl (C=O) groups is 1. The smallest absolute Gasteiger partial charge is 0.294 e. The zero-order valence-electron chi connectivity index (χ0n) is 20.2. The number of anilines is 1. The van der Waals surface area contributed by atoms with Gasteiger partial charge in [0.15, 0.2) is 17.3 Å². The van der Waals surface area contributed by atoms with Crippen molar-refractivity contribution < 1.29 is 23.4 Å². The Morgan fingerprint density at radius 1 is 0.972 bits per heavy atom. The fourth-order valence-corrected chi connectivity index (χ4v) is 4.48. The number of carbonyl (C=O) groups excluding carboxylic acids is 1. The van der Waals surface area contributed by atoms with Gasteiger partial charge in [-0.3, -0.25) is 9.69 Å². The van der Waals surface area contributed by atoms with Crippen LogP contribution in [0.3, 0.4) is 0 Å². The van der Waals surface area contributed by atoms with Crippen LogP contribution in [0.25, 0.3) is 11.1 Å². The second-order valence-electron chi connectivity index (χ2n) is 8.85. The molecule has 0 aromatic heterocycles. The lowest BCUT2D eigenvalue weighted by Crippen LogP contribution is -2.28. The molecule has 2 aliphatic heterocycles. The first-order valence-corrected chi connectivity index (χ1v) is 12.1. The largest absolute Gasteiger partial charge is 0.493 e. The molecule has 1 atom stereocenters. The first-order chi connectivity index (χ1) is 17.6. The van der Waals surface area contributed by atoms with Crippen LogP contribution in [0.15, 0.2) is 84.6 Å². The number of hydrogen-bond acceptors (Lipinski definition) is 5. The normalized spacial score (nSPS) is 17.8. The lowest BCUT2D eigenvalue weighted by Gasteiger charge is -2.20. The van der Waals surface area contributed by atoms with Crippen LogP contribution in [0.4, 0.5) is 10.1 Å². The fraction of sp³-hybridized carbons (Fsp3) is 0.276. The van der Waals surface area contributed by atoms with Crippen LogP contribution >= 0.6 is 0 Å². The number of nitrogens with zero attached hydrogens (tertiary/aromatic N) is 2. The Bertz CT molecular complexity index is 1230. The number of likely N-dealkylation sites (tertiary alicyclic amines) is 1. The number of methoxy groups -OCH3 is 1. The van der Waals surface area contributed by atoms with E-state index >= 15 is 0 Å². The van der Waals surface area contributed by atoms with Crippen LogP contribution in [0.2, 0.25) is 0 Å². The van der Waals surface area contributed by atoms with Gasteiger partial charge in [0, 0.05) is 37.9 Å². The highest BCUT2D eigenvalue weighted by atomic mass is 19.1. The standard InChI is InChI=1S/C29H29FN2O4/c1-34-28-19-24(9-12-26(28)35-18-17-31-15-13-23(30)20-31)32-16-14-27(29(32)33)36-25-10-7-22(8-11-25)21-5-3-2-4-6-21/h2-12,14,19,23H,13,15-18,20H2,1H3/t23-/m0/s1. The molecule has 0 radical (unpaired) electrons. The summed E-state index contributed by atoms with van der Waals surface area (Å²) in [6, 6.07) is 23.2. The lowest BCUT2D eigenvalue weighted by atomic mass is 10.1. The molecule has 1 saturated heterocycles. The molecule has 36 heavy (non-hydrogen) atoms. The van der Waals surface area contributed by atoms with Crippen molar-refractivity contribution in [1.29, 1.82) is 0 Å². The zero-order chi connectivity index (χ0) is 24.9. The zero-order valence-corrected chi connectivity index (χ0v) is 20.2. The highest BCUT2D eigenvalue weighted by Gasteiger charge is 2.28. The third-order valence-electron chi connectivity index (χ3n) is 6.44. The third kappa shape index (κ3) is 5.36. The minimum atomic E-state index is -0.743. The van der Waals surface area contributed by atoms with Gasteiger partial charge in [-0.1, -0.05) is 42.5 Å². The Hall–Kier alpha value is -3.84. The number of amides is 1. The second kappa shape index (κ2) is 10.8. The van der Waals surface area contributed by atoms with E-state index in [2.05, 4.69) is 17.0 Å². The third-order valence-corrected chi connectivity index (χ3v) is 6.44. The number of hydrogen-bond donors (Lipinski definition) is 0. The highest BCUT2D eigenvalue weighted by molar-refractivity contribution is 6.07. The van der Waals surface area contributed by atoms with Crippen LogP contribution in [0.5, 0.6) is 17.2 Å². The van der Waals surface area contributed by atoms with Gasteiger partial charge < -0.3 is 19.1 Å². The van der Waals surface area contributed by atoms with Crippen molar-refractivity contribution in [3.63, 3.8) is 0 Å². The molecular formula is C29H29FN2O4. The van der Waals surface area contributed by atoms with Gasteiger partial charge in [0.2, 0.25) is 0 Å². The van der Waals surface area contributed by atoms with E-state index in [-0.39, 0.29) is 5.91 Å². The molecule has 6 nitrogen and oxygen atoms in total. The van der Waals surface area contributed by atoms with E-state index in [1.54, 1.807) is 30.2 Å². The molecule has 5 rings (SSSR count). The van der Waals surface area contributed by atoms with Crippen LogP contribution in [-0.4, -0.2) is 56.9 Å². The van der Waals surface area contributed by atoms with Crippen molar-refractivity contribution >= 4 is 11.6 Å². The van der Waals surface area contributed by atoms with E-state index in [1.807, 2.05) is 48.5 Å². The summed E-state index contributed by atoms with van der Waals surface area (Å²) in [6.07, 6.45) is 1.62. The Labute approximate surface area is 210 Å². The fourth-order valence-electron chi connectivity index (χ4n) is 4.48. The first-order valence-electron chi connectivity index (χ1n) is 12.1. The summed E-state index contributed by atoms with van der Waals surface area (Å²) < 4.78 is 30.6. The maximum Gasteiger partial charge on any atom is 0.294 e. The summed E-state index contributed by atoms with van der Waals surface area (Å²) in [5, 5.41) is 0. The molecule has 1 fully saturated rings. The summed E-state index contributed by atoms with van der Waals surface area (Å²) in [5.74, 6) is 1.81. The Morgan fingerprint density at radius 2 is 1.75 bits per heavy atom. The quantitative estimate of drug-likeness (QED) is 0.420. The molecule has 0 bridgehead atoms. The summed E-state index contributed by atoms with van der Waals surface area (Å²) >= 11 is 0. The Balaban J connectivity index is 1.19. The minimum absolute atomic E-state index is 0.215. The van der Waals surface area contributed by atoms with Gasteiger partial charge in [0.1, 0.15) is 18.5 Å². The molecule has 3 aromatic carbocycles. The van der Waals surface area contributed by atoms with Crippen molar-refractivity contribution in [3.8, 4) is 28.4 Å². The van der Waals surface area contributed by atoms with E-state index in [1.165, 1.54) is 0 Å². The van der Waals surface area contributed by atoms with Crippen molar-refractivity contribution in [1.82, 2.24) is 4.90 Å². The molecule has 2 heterocycles. The molecule has 0 aliphatic carbocycles. The molecule has 2 aliphatic rings. The van der Waals surface area contributed by atoms with E-state index in [4.69, 9.17) is 14.2 Å². The van der Waals surface area contributed by atoms with Gasteiger partial charge in [-0.15, -0.1) is 0 Å². The molecule has 7 heteroatoms. The summed E-state index contributed by atoms with van der Waals surface area (Å²) in [5.41, 5.74) is 2.90. The van der Waals surface area contributed by atoms with Crippen molar-refractivity contribution in [2.24, 2.45) is 0 Å². The second-order valence-corrected chi connectivity index (χ2v) is 8.85. The van der Waals surface area contributed by atoms with E-state index in [9.17, 15) is 9.18 Å². The van der Waals surface area contributed by atoms with E-state index < -0.39 is 6.17 Å². The van der Waals surface area contributed by atoms with Crippen molar-refractivity contribution in [2.45, 2.75) is 12.6 Å². The minimum Gasteiger partial charge on any atom is -0.493 e. The molecule has 0 unspecified atom stereocenters. The van der Waals surface area contributed by atoms with Crippen LogP contribution < -0.4 is 19.1 Å². The van der Waals surface area contributed by atoms with Gasteiger partial charge in [-0.2, -0.15) is 0 Å². The van der Waals surface area contributed by atoms with Gasteiger partial charge in [0.25, 0.3) is 5.91 Å². The van der Waals surface area contributed by atoms with E-state index in [0.717, 1.165) is 17.7 Å². The highest BCUT2D eigenvalue weighted by Crippen LogP contribution is 2.34. The number of benzene rings is 3. The molecule has 1 amide bonds. The number of alkyl halides is 1.